The van der Waals surface area contributed by atoms with E-state index in [4.69, 9.17) is 9.47 Å². The van der Waals surface area contributed by atoms with Gasteiger partial charge in [-0.2, -0.15) is 0 Å². The molecule has 0 bridgehead atoms. The van der Waals surface area contributed by atoms with Gasteiger partial charge in [0, 0.05) is 6.61 Å². The fourth-order valence-corrected chi connectivity index (χ4v) is 1.47. The Balaban J connectivity index is 0.00000361. The second-order valence-electron chi connectivity index (χ2n) is 4.07. The van der Waals surface area contributed by atoms with E-state index in [1.165, 1.54) is 0 Å². The Bertz CT molecular complexity index is 402. The molecule has 0 aliphatic rings. The Morgan fingerprint density at radius 3 is 2.40 bits per heavy atom. The summed E-state index contributed by atoms with van der Waals surface area (Å²) in [6.07, 6.45) is 1.88. The van der Waals surface area contributed by atoms with Crippen LogP contribution in [0.25, 0.3) is 0 Å². The predicted octanol–water partition coefficient (Wildman–Crippen LogP) is 0.0796. The molecule has 0 saturated heterocycles. The van der Waals surface area contributed by atoms with Crippen molar-refractivity contribution in [3.05, 3.63) is 24.0 Å². The minimum absolute atomic E-state index is 0. The quantitative estimate of drug-likeness (QED) is 0.384. The minimum atomic E-state index is -5.29. The SMILES string of the molecule is CCCCOCCOc1ccc(F)cc1[B-](F)(F)F.[K+]. The molecule has 108 valence electrons. The van der Waals surface area contributed by atoms with Crippen molar-refractivity contribution < 1.29 is 78.2 Å². The molecule has 8 heteroatoms. The number of unbranched alkanes of at least 4 members (excludes halogenated alkanes) is 1. The van der Waals surface area contributed by atoms with Gasteiger partial charge in [0.2, 0.25) is 0 Å². The van der Waals surface area contributed by atoms with Gasteiger partial charge in [0.15, 0.2) is 0 Å². The first-order valence-corrected chi connectivity index (χ1v) is 6.15. The van der Waals surface area contributed by atoms with E-state index >= 15 is 0 Å². The summed E-state index contributed by atoms with van der Waals surface area (Å²) >= 11 is 0. The zero-order valence-electron chi connectivity index (χ0n) is 11.7. The molecule has 0 unspecified atom stereocenters. The molecule has 0 radical (unpaired) electrons. The standard InChI is InChI=1S/C12H16BF4O2.K/c1-2-3-6-18-7-8-19-12-5-4-10(14)9-11(12)13(15,16)17;/h4-5,9H,2-3,6-8H2,1H3;/q-1;+1. The molecule has 0 heterocycles. The van der Waals surface area contributed by atoms with E-state index in [0.717, 1.165) is 25.0 Å². The topological polar surface area (TPSA) is 18.5 Å². The van der Waals surface area contributed by atoms with Crippen LogP contribution in [0, 0.1) is 5.82 Å². The van der Waals surface area contributed by atoms with E-state index in [0.29, 0.717) is 12.7 Å². The number of hydrogen-bond donors (Lipinski definition) is 0. The van der Waals surface area contributed by atoms with Crippen LogP contribution < -0.4 is 61.6 Å². The fourth-order valence-electron chi connectivity index (χ4n) is 1.47. The Kier molecular flexibility index (Phi) is 10.4. The van der Waals surface area contributed by atoms with E-state index in [9.17, 15) is 17.3 Å². The number of halogens is 4. The molecule has 20 heavy (non-hydrogen) atoms. The predicted molar refractivity (Wildman–Crippen MR) is 66.3 cm³/mol. The van der Waals surface area contributed by atoms with Gasteiger partial charge in [0.1, 0.15) is 12.4 Å². The van der Waals surface area contributed by atoms with Crippen molar-refractivity contribution in [2.45, 2.75) is 19.8 Å². The van der Waals surface area contributed by atoms with Crippen LogP contribution in [0.2, 0.25) is 0 Å². The molecule has 0 aliphatic heterocycles. The molecule has 1 aromatic carbocycles. The van der Waals surface area contributed by atoms with Gasteiger partial charge in [-0.1, -0.05) is 18.8 Å². The van der Waals surface area contributed by atoms with Crippen molar-refractivity contribution >= 4 is 12.4 Å². The maximum atomic E-state index is 12.8. The summed E-state index contributed by atoms with van der Waals surface area (Å²) in [6, 6.07) is 2.39. The minimum Gasteiger partial charge on any atom is -0.494 e. The Hall–Kier alpha value is 0.401. The van der Waals surface area contributed by atoms with Crippen LogP contribution in [0.15, 0.2) is 18.2 Å². The van der Waals surface area contributed by atoms with Crippen LogP contribution in [0.1, 0.15) is 19.8 Å². The van der Waals surface area contributed by atoms with Gasteiger partial charge in [0.25, 0.3) is 0 Å². The second kappa shape index (κ2) is 10.2. The smallest absolute Gasteiger partial charge is 0.494 e. The van der Waals surface area contributed by atoms with Gasteiger partial charge < -0.3 is 22.4 Å². The van der Waals surface area contributed by atoms with Gasteiger partial charge in [0.05, 0.1) is 12.4 Å². The summed E-state index contributed by atoms with van der Waals surface area (Å²) in [6.45, 7) is -2.51. The van der Waals surface area contributed by atoms with Crippen LogP contribution in [0.5, 0.6) is 5.75 Å². The molecule has 0 amide bonds. The maximum Gasteiger partial charge on any atom is 1.00 e. The maximum absolute atomic E-state index is 12.8. The van der Waals surface area contributed by atoms with Crippen LogP contribution >= 0.6 is 0 Å². The summed E-state index contributed by atoms with van der Waals surface area (Å²) in [4.78, 5) is 0. The van der Waals surface area contributed by atoms with Crippen molar-refractivity contribution in [3.8, 4) is 5.75 Å². The fraction of sp³-hybridized carbons (Fsp3) is 0.500. The van der Waals surface area contributed by atoms with E-state index in [1.807, 2.05) is 6.92 Å². The van der Waals surface area contributed by atoms with Gasteiger partial charge in [-0.15, -0.1) is 0 Å². The summed E-state index contributed by atoms with van der Waals surface area (Å²) < 4.78 is 61.1. The zero-order chi connectivity index (χ0) is 14.3. The summed E-state index contributed by atoms with van der Waals surface area (Å²) in [5, 5.41) is 0. The van der Waals surface area contributed by atoms with Crippen molar-refractivity contribution in [2.75, 3.05) is 19.8 Å². The third-order valence-corrected chi connectivity index (χ3v) is 2.45. The first-order valence-electron chi connectivity index (χ1n) is 6.15. The van der Waals surface area contributed by atoms with Gasteiger partial charge >= 0.3 is 58.4 Å². The Labute approximate surface area is 158 Å². The average molecular weight is 318 g/mol. The van der Waals surface area contributed by atoms with Crippen molar-refractivity contribution in [2.24, 2.45) is 0 Å². The van der Waals surface area contributed by atoms with Crippen molar-refractivity contribution in [3.63, 3.8) is 0 Å². The van der Waals surface area contributed by atoms with Crippen LogP contribution in [-0.4, -0.2) is 26.8 Å². The number of benzene rings is 1. The normalized spacial score (nSPS) is 11.1. The first-order chi connectivity index (χ1) is 8.95. The molecular formula is C12H16BF4KO2. The summed E-state index contributed by atoms with van der Waals surface area (Å²) in [7, 11) is 0. The second-order valence-corrected chi connectivity index (χ2v) is 4.07. The van der Waals surface area contributed by atoms with E-state index < -0.39 is 18.3 Å². The van der Waals surface area contributed by atoms with Gasteiger partial charge in [-0.25, -0.2) is 4.39 Å². The molecule has 0 N–H and O–H groups in total. The van der Waals surface area contributed by atoms with Crippen molar-refractivity contribution in [1.29, 1.82) is 0 Å². The van der Waals surface area contributed by atoms with E-state index in [1.54, 1.807) is 0 Å². The number of rotatable bonds is 8. The summed E-state index contributed by atoms with van der Waals surface area (Å²) in [5.41, 5.74) is -1.05. The summed E-state index contributed by atoms with van der Waals surface area (Å²) in [5.74, 6) is -1.28. The molecule has 0 saturated carbocycles. The molecular weight excluding hydrogens is 302 g/mol. The van der Waals surface area contributed by atoms with Crippen LogP contribution in [-0.2, 0) is 4.74 Å². The third kappa shape index (κ3) is 7.42. The largest absolute Gasteiger partial charge is 1.00 e. The zero-order valence-corrected chi connectivity index (χ0v) is 14.8. The van der Waals surface area contributed by atoms with Crippen LogP contribution in [0.3, 0.4) is 0 Å². The molecule has 0 atom stereocenters. The molecule has 2 nitrogen and oxygen atoms in total. The molecule has 0 aromatic heterocycles. The Morgan fingerprint density at radius 1 is 1.10 bits per heavy atom. The monoisotopic (exact) mass is 318 g/mol. The van der Waals surface area contributed by atoms with Crippen molar-refractivity contribution in [1.82, 2.24) is 0 Å². The van der Waals surface area contributed by atoms with Gasteiger partial charge in [-0.05, 0) is 24.6 Å². The molecule has 1 aromatic rings. The molecule has 0 spiro atoms. The molecule has 1 rings (SSSR count). The number of ether oxygens (including phenoxy) is 2. The van der Waals surface area contributed by atoms with Crippen LogP contribution in [0.4, 0.5) is 17.3 Å². The van der Waals surface area contributed by atoms with E-state index in [-0.39, 0.29) is 70.3 Å². The average Bonchev–Trinajstić information content (AvgIpc) is 2.34. The van der Waals surface area contributed by atoms with Gasteiger partial charge in [-0.3, -0.25) is 0 Å². The number of hydrogen-bond acceptors (Lipinski definition) is 2. The first kappa shape index (κ1) is 20.4. The van der Waals surface area contributed by atoms with E-state index in [2.05, 4.69) is 0 Å². The molecule has 0 fully saturated rings. The third-order valence-electron chi connectivity index (χ3n) is 2.45. The molecule has 0 aliphatic carbocycles. The Morgan fingerprint density at radius 2 is 1.80 bits per heavy atom.